The molecule has 1 heterocycles. The minimum absolute atomic E-state index is 0.0576. The molecule has 5 nitrogen and oxygen atoms in total. The van der Waals surface area contributed by atoms with Crippen LogP contribution >= 0.6 is 0 Å². The number of carbonyl (C=O) groups is 1. The lowest BCUT2D eigenvalue weighted by atomic mass is 10.2. The summed E-state index contributed by atoms with van der Waals surface area (Å²) in [5, 5.41) is 2.93. The Morgan fingerprint density at radius 3 is 2.36 bits per heavy atom. The van der Waals surface area contributed by atoms with Crippen LogP contribution in [0, 0.1) is 0 Å². The van der Waals surface area contributed by atoms with Crippen LogP contribution < -0.4 is 15.0 Å². The number of hydrogen-bond donors (Lipinski definition) is 1. The van der Waals surface area contributed by atoms with Gasteiger partial charge in [-0.2, -0.15) is 0 Å². The molecule has 0 saturated carbocycles. The number of nitrogens with zero attached hydrogens (tertiary/aromatic N) is 2. The third kappa shape index (κ3) is 4.55. The van der Waals surface area contributed by atoms with E-state index in [-0.39, 0.29) is 12.1 Å². The van der Waals surface area contributed by atoms with Crippen molar-refractivity contribution >= 4 is 11.7 Å². The highest BCUT2D eigenvalue weighted by Crippen LogP contribution is 2.21. The molecule has 0 unspecified atom stereocenters. The van der Waals surface area contributed by atoms with Crippen LogP contribution in [0.1, 0.15) is 27.2 Å². The Kier molecular flexibility index (Phi) is 5.92. The number of benzene rings is 1. The van der Waals surface area contributed by atoms with Crippen LogP contribution in [0.15, 0.2) is 24.3 Å². The van der Waals surface area contributed by atoms with Gasteiger partial charge in [-0.05, 0) is 44.5 Å². The average Bonchev–Trinajstić information content (AvgIpc) is 2.53. The maximum Gasteiger partial charge on any atom is 0.317 e. The zero-order valence-electron chi connectivity index (χ0n) is 13.8. The molecular weight excluding hydrogens is 278 g/mol. The predicted molar refractivity (Wildman–Crippen MR) is 89.7 cm³/mol. The molecule has 0 aromatic heterocycles. The highest BCUT2D eigenvalue weighted by atomic mass is 16.5. The Bertz CT molecular complexity index is 465. The zero-order valence-corrected chi connectivity index (χ0v) is 13.8. The van der Waals surface area contributed by atoms with Gasteiger partial charge in [0.05, 0.1) is 6.10 Å². The van der Waals surface area contributed by atoms with E-state index in [4.69, 9.17) is 4.74 Å². The van der Waals surface area contributed by atoms with Crippen molar-refractivity contribution in [2.75, 3.05) is 37.6 Å². The molecule has 122 valence electrons. The molecule has 1 aromatic carbocycles. The van der Waals surface area contributed by atoms with Gasteiger partial charge in [-0.3, -0.25) is 0 Å². The first-order valence-electron chi connectivity index (χ1n) is 8.14. The van der Waals surface area contributed by atoms with Crippen LogP contribution in [-0.2, 0) is 0 Å². The fraction of sp³-hybridized carbons (Fsp3) is 0.588. The van der Waals surface area contributed by atoms with E-state index in [1.54, 1.807) is 0 Å². The van der Waals surface area contributed by atoms with E-state index in [1.165, 1.54) is 5.69 Å². The molecule has 1 aromatic rings. The first kappa shape index (κ1) is 16.5. The molecule has 1 aliphatic rings. The third-order valence-corrected chi connectivity index (χ3v) is 3.67. The van der Waals surface area contributed by atoms with E-state index in [0.29, 0.717) is 0 Å². The first-order chi connectivity index (χ1) is 10.6. The summed E-state index contributed by atoms with van der Waals surface area (Å²) in [6, 6.07) is 8.25. The van der Waals surface area contributed by atoms with E-state index in [0.717, 1.165) is 44.9 Å². The van der Waals surface area contributed by atoms with Crippen LogP contribution in [0.4, 0.5) is 10.5 Å². The minimum atomic E-state index is 0.0576. The lowest BCUT2D eigenvalue weighted by Gasteiger charge is -2.36. The molecule has 5 heteroatoms. The summed E-state index contributed by atoms with van der Waals surface area (Å²) in [6.07, 6.45) is 1.16. The van der Waals surface area contributed by atoms with Gasteiger partial charge >= 0.3 is 6.03 Å². The summed E-state index contributed by atoms with van der Waals surface area (Å²) >= 11 is 0. The van der Waals surface area contributed by atoms with Gasteiger partial charge in [0.15, 0.2) is 0 Å². The molecular formula is C17H27N3O2. The maximum absolute atomic E-state index is 11.9. The minimum Gasteiger partial charge on any atom is -0.491 e. The highest BCUT2D eigenvalue weighted by Gasteiger charge is 2.20. The van der Waals surface area contributed by atoms with Gasteiger partial charge < -0.3 is 19.9 Å². The molecule has 1 saturated heterocycles. The second-order valence-electron chi connectivity index (χ2n) is 5.87. The van der Waals surface area contributed by atoms with Crippen LogP contribution in [0.3, 0.4) is 0 Å². The zero-order chi connectivity index (χ0) is 15.9. The van der Waals surface area contributed by atoms with Gasteiger partial charge in [-0.1, -0.05) is 6.92 Å². The number of urea groups is 1. The van der Waals surface area contributed by atoms with E-state index in [9.17, 15) is 4.79 Å². The van der Waals surface area contributed by atoms with Crippen molar-refractivity contribution in [2.45, 2.75) is 33.3 Å². The van der Waals surface area contributed by atoms with Gasteiger partial charge in [0.25, 0.3) is 0 Å². The quantitative estimate of drug-likeness (QED) is 0.910. The van der Waals surface area contributed by atoms with Gasteiger partial charge in [0.1, 0.15) is 5.75 Å². The normalized spacial score (nSPS) is 15.1. The van der Waals surface area contributed by atoms with Gasteiger partial charge in [-0.15, -0.1) is 0 Å². The Morgan fingerprint density at radius 2 is 1.82 bits per heavy atom. The summed E-state index contributed by atoms with van der Waals surface area (Å²) in [6.45, 7) is 10.1. The van der Waals surface area contributed by atoms with Crippen LogP contribution in [-0.4, -0.2) is 49.8 Å². The number of piperazine rings is 1. The summed E-state index contributed by atoms with van der Waals surface area (Å²) < 4.78 is 5.66. The average molecular weight is 305 g/mol. The van der Waals surface area contributed by atoms with E-state index < -0.39 is 0 Å². The Morgan fingerprint density at radius 1 is 1.18 bits per heavy atom. The number of carbonyl (C=O) groups excluding carboxylic acids is 1. The lowest BCUT2D eigenvalue weighted by molar-refractivity contribution is 0.194. The molecule has 1 N–H and O–H groups in total. The molecule has 0 bridgehead atoms. The number of amides is 2. The number of hydrogen-bond acceptors (Lipinski definition) is 3. The van der Waals surface area contributed by atoms with E-state index in [2.05, 4.69) is 29.3 Å². The lowest BCUT2D eigenvalue weighted by Crippen LogP contribution is -2.52. The predicted octanol–water partition coefficient (Wildman–Crippen LogP) is 2.72. The van der Waals surface area contributed by atoms with Crippen molar-refractivity contribution in [1.29, 1.82) is 0 Å². The molecule has 0 aliphatic carbocycles. The summed E-state index contributed by atoms with van der Waals surface area (Å²) in [4.78, 5) is 16.1. The van der Waals surface area contributed by atoms with Crippen LogP contribution in [0.25, 0.3) is 0 Å². The molecule has 2 rings (SSSR count). The van der Waals surface area contributed by atoms with E-state index >= 15 is 0 Å². The number of nitrogens with one attached hydrogen (secondary N) is 1. The maximum atomic E-state index is 11.9. The highest BCUT2D eigenvalue weighted by molar-refractivity contribution is 5.74. The Hall–Kier alpha value is -1.91. The fourth-order valence-corrected chi connectivity index (χ4v) is 2.52. The molecule has 1 fully saturated rings. The van der Waals surface area contributed by atoms with Crippen molar-refractivity contribution in [3.63, 3.8) is 0 Å². The van der Waals surface area contributed by atoms with Crippen molar-refractivity contribution < 1.29 is 9.53 Å². The van der Waals surface area contributed by atoms with Crippen molar-refractivity contribution in [3.8, 4) is 5.75 Å². The van der Waals surface area contributed by atoms with Crippen LogP contribution in [0.5, 0.6) is 5.75 Å². The Labute approximate surface area is 133 Å². The summed E-state index contributed by atoms with van der Waals surface area (Å²) in [5.41, 5.74) is 1.18. The third-order valence-electron chi connectivity index (χ3n) is 3.67. The van der Waals surface area contributed by atoms with Crippen LogP contribution in [0.2, 0.25) is 0 Å². The molecule has 2 amide bonds. The SMILES string of the molecule is CCCNC(=O)N1CCN(c2ccc(OC(C)C)cc2)CC1. The monoisotopic (exact) mass is 305 g/mol. The molecule has 22 heavy (non-hydrogen) atoms. The number of anilines is 1. The van der Waals surface area contributed by atoms with Gasteiger partial charge in [0.2, 0.25) is 0 Å². The van der Waals surface area contributed by atoms with Crippen molar-refractivity contribution in [3.05, 3.63) is 24.3 Å². The first-order valence-corrected chi connectivity index (χ1v) is 8.14. The van der Waals surface area contributed by atoms with Gasteiger partial charge in [0, 0.05) is 38.4 Å². The molecule has 0 radical (unpaired) electrons. The molecule has 0 atom stereocenters. The smallest absolute Gasteiger partial charge is 0.317 e. The second kappa shape index (κ2) is 7.92. The summed E-state index contributed by atoms with van der Waals surface area (Å²) in [5.74, 6) is 0.899. The number of ether oxygens (including phenoxy) is 1. The van der Waals surface area contributed by atoms with Gasteiger partial charge in [-0.25, -0.2) is 4.79 Å². The standard InChI is InChI=1S/C17H27N3O2/c1-4-9-18-17(21)20-12-10-19(11-13-20)15-5-7-16(8-6-15)22-14(2)3/h5-8,14H,4,9-13H2,1-3H3,(H,18,21). The second-order valence-corrected chi connectivity index (χ2v) is 5.87. The summed E-state index contributed by atoms with van der Waals surface area (Å²) in [7, 11) is 0. The van der Waals surface area contributed by atoms with Crippen molar-refractivity contribution in [2.24, 2.45) is 0 Å². The van der Waals surface area contributed by atoms with E-state index in [1.807, 2.05) is 30.9 Å². The largest absolute Gasteiger partial charge is 0.491 e. The molecule has 1 aliphatic heterocycles. The number of rotatable bonds is 5. The fourth-order valence-electron chi connectivity index (χ4n) is 2.52. The Balaban J connectivity index is 1.84. The van der Waals surface area contributed by atoms with Crippen molar-refractivity contribution in [1.82, 2.24) is 10.2 Å². The molecule has 0 spiro atoms. The topological polar surface area (TPSA) is 44.8 Å².